The number of benzene rings is 1. The summed E-state index contributed by atoms with van der Waals surface area (Å²) >= 11 is 0. The topological polar surface area (TPSA) is 88.1 Å². The average molecular weight is 607 g/mol. The van der Waals surface area contributed by atoms with Gasteiger partial charge < -0.3 is 18.6 Å². The Hall–Kier alpha value is -2.71. The lowest BCUT2D eigenvalue weighted by molar-refractivity contribution is -0.204. The summed E-state index contributed by atoms with van der Waals surface area (Å²) < 4.78 is 25.1. The number of ketones is 1. The molecule has 1 unspecified atom stereocenters. The third-order valence-corrected chi connectivity index (χ3v) is 16.5. The quantitative estimate of drug-likeness (QED) is 0.214. The third-order valence-electron chi connectivity index (χ3n) is 12.2. The molecule has 2 saturated heterocycles. The first-order chi connectivity index (χ1) is 20.0. The van der Waals surface area contributed by atoms with Gasteiger partial charge in [-0.1, -0.05) is 57.5 Å². The van der Waals surface area contributed by atoms with Crippen LogP contribution in [0.15, 0.2) is 47.6 Å². The van der Waals surface area contributed by atoms with E-state index in [0.717, 1.165) is 12.2 Å². The van der Waals surface area contributed by atoms with Crippen molar-refractivity contribution in [1.29, 1.82) is 0 Å². The normalized spacial score (nSPS) is 38.3. The number of fused-ring (bicyclic) bond motifs is 3. The van der Waals surface area contributed by atoms with Gasteiger partial charge in [0.05, 0.1) is 24.7 Å². The summed E-state index contributed by atoms with van der Waals surface area (Å²) in [5, 5.41) is 0.0666. The summed E-state index contributed by atoms with van der Waals surface area (Å²) in [6.45, 7) is 17.3. The molecule has 1 saturated carbocycles. The van der Waals surface area contributed by atoms with Gasteiger partial charge in [-0.2, -0.15) is 0 Å². The van der Waals surface area contributed by atoms with Gasteiger partial charge in [0.2, 0.25) is 8.32 Å². The number of ether oxygens (including phenoxy) is 3. The Morgan fingerprint density at radius 3 is 2.49 bits per heavy atom. The number of methoxy groups -OCH3 is 1. The second kappa shape index (κ2) is 9.90. The van der Waals surface area contributed by atoms with Crippen LogP contribution in [0.4, 0.5) is 0 Å². The molecule has 3 fully saturated rings. The number of carbonyl (C=O) groups excluding carboxylic acids is 3. The molecule has 2 aliphatic heterocycles. The number of para-hydroxylation sites is 1. The van der Waals surface area contributed by atoms with Gasteiger partial charge in [0.15, 0.2) is 5.78 Å². The van der Waals surface area contributed by atoms with E-state index in [-0.39, 0.29) is 53.0 Å². The molecular formula is C35H46O7Si. The Bertz CT molecular complexity index is 1440. The summed E-state index contributed by atoms with van der Waals surface area (Å²) in [6.07, 6.45) is 3.72. The maximum Gasteiger partial charge on any atom is 0.316 e. The van der Waals surface area contributed by atoms with Gasteiger partial charge in [-0.3, -0.25) is 14.4 Å². The Kier molecular flexibility index (Phi) is 6.98. The number of hydrogen-bond acceptors (Lipinski definition) is 7. The maximum atomic E-state index is 13.8. The van der Waals surface area contributed by atoms with E-state index in [1.165, 1.54) is 29.9 Å². The van der Waals surface area contributed by atoms with Crippen molar-refractivity contribution in [2.75, 3.05) is 7.11 Å². The molecule has 0 aromatic heterocycles. The lowest BCUT2D eigenvalue weighted by Crippen LogP contribution is -2.65. The molecule has 0 spiro atoms. The van der Waals surface area contributed by atoms with E-state index >= 15 is 0 Å². The minimum atomic E-state index is -2.08. The highest BCUT2D eigenvalue weighted by Crippen LogP contribution is 2.66. The van der Waals surface area contributed by atoms with E-state index < -0.39 is 37.3 Å². The first-order valence-corrected chi connectivity index (χ1v) is 18.6. The highest BCUT2D eigenvalue weighted by atomic mass is 28.4. The van der Waals surface area contributed by atoms with Crippen LogP contribution in [0.25, 0.3) is 0 Å². The van der Waals surface area contributed by atoms with Gasteiger partial charge in [0.25, 0.3) is 0 Å². The molecule has 7 nitrogen and oxygen atoms in total. The maximum absolute atomic E-state index is 13.8. The molecule has 2 heterocycles. The van der Waals surface area contributed by atoms with Gasteiger partial charge in [-0.25, -0.2) is 0 Å². The van der Waals surface area contributed by atoms with E-state index in [9.17, 15) is 14.4 Å². The average Bonchev–Trinajstić information content (AvgIpc) is 3.41. The summed E-state index contributed by atoms with van der Waals surface area (Å²) in [6, 6.07) is 8.37. The molecule has 1 aromatic carbocycles. The fourth-order valence-corrected chi connectivity index (χ4v) is 9.73. The molecule has 0 N–H and O–H groups in total. The van der Waals surface area contributed by atoms with Crippen LogP contribution in [0.1, 0.15) is 72.3 Å². The van der Waals surface area contributed by atoms with Crippen LogP contribution in [0.5, 0.6) is 5.75 Å². The predicted molar refractivity (Wildman–Crippen MR) is 165 cm³/mol. The Morgan fingerprint density at radius 2 is 1.81 bits per heavy atom. The Morgan fingerprint density at radius 1 is 1.12 bits per heavy atom. The number of allylic oxidation sites excluding steroid dienone is 2. The number of esters is 2. The van der Waals surface area contributed by atoms with Gasteiger partial charge in [-0.15, -0.1) is 0 Å². The molecule has 3 aliphatic carbocycles. The highest BCUT2D eigenvalue weighted by Gasteiger charge is 2.73. The van der Waals surface area contributed by atoms with Crippen LogP contribution in [0.2, 0.25) is 18.1 Å². The van der Waals surface area contributed by atoms with Crippen LogP contribution < -0.4 is 4.43 Å². The molecule has 0 radical (unpaired) electrons. The Labute approximate surface area is 256 Å². The second-order valence-electron chi connectivity index (χ2n) is 15.4. The van der Waals surface area contributed by atoms with Crippen LogP contribution in [0.3, 0.4) is 0 Å². The van der Waals surface area contributed by atoms with Crippen LogP contribution in [0, 0.1) is 28.6 Å². The van der Waals surface area contributed by atoms with Crippen molar-refractivity contribution >= 4 is 26.0 Å². The lowest BCUT2D eigenvalue weighted by atomic mass is 9.45. The van der Waals surface area contributed by atoms with E-state index in [2.05, 4.69) is 59.0 Å². The number of hydrogen-bond donors (Lipinski definition) is 0. The van der Waals surface area contributed by atoms with Crippen molar-refractivity contribution in [3.05, 3.63) is 53.1 Å². The van der Waals surface area contributed by atoms with Crippen LogP contribution in [-0.4, -0.2) is 51.5 Å². The summed E-state index contributed by atoms with van der Waals surface area (Å²) in [5.74, 6) is -0.611. The van der Waals surface area contributed by atoms with E-state index in [4.69, 9.17) is 18.6 Å². The minimum Gasteiger partial charge on any atom is -0.543 e. The van der Waals surface area contributed by atoms with Crippen LogP contribution in [-0.2, 0) is 28.6 Å². The van der Waals surface area contributed by atoms with Crippen molar-refractivity contribution in [3.63, 3.8) is 0 Å². The van der Waals surface area contributed by atoms with Crippen molar-refractivity contribution in [1.82, 2.24) is 0 Å². The van der Waals surface area contributed by atoms with E-state index in [0.29, 0.717) is 6.42 Å². The van der Waals surface area contributed by atoms with Crippen molar-refractivity contribution in [2.24, 2.45) is 28.6 Å². The summed E-state index contributed by atoms with van der Waals surface area (Å²) in [5.41, 5.74) is 1.77. The van der Waals surface area contributed by atoms with Gasteiger partial charge >= 0.3 is 11.9 Å². The minimum absolute atomic E-state index is 0.0561. The first-order valence-electron chi connectivity index (χ1n) is 15.7. The molecular weight excluding hydrogens is 560 g/mol. The predicted octanol–water partition coefficient (Wildman–Crippen LogP) is 6.53. The van der Waals surface area contributed by atoms with Gasteiger partial charge in [-0.05, 0) is 79.9 Å². The molecule has 1 aromatic rings. The third kappa shape index (κ3) is 4.33. The van der Waals surface area contributed by atoms with E-state index in [1.54, 1.807) is 6.08 Å². The molecule has 5 aliphatic rings. The summed E-state index contributed by atoms with van der Waals surface area (Å²) in [7, 11) is -0.693. The zero-order valence-electron chi connectivity index (χ0n) is 27.0. The van der Waals surface area contributed by atoms with Crippen molar-refractivity contribution in [3.8, 4) is 5.75 Å². The number of carbonyl (C=O) groups is 3. The van der Waals surface area contributed by atoms with E-state index in [1.807, 2.05) is 19.9 Å². The number of rotatable bonds is 5. The van der Waals surface area contributed by atoms with Crippen molar-refractivity contribution in [2.45, 2.75) is 103 Å². The molecule has 43 heavy (non-hydrogen) atoms. The fourth-order valence-electron chi connectivity index (χ4n) is 8.69. The molecule has 6 rings (SSSR count). The SMILES string of the molecule is COC(=O)C[C@H]1C2CC3=C(C)[C@H](c4ccccc4O[Si](C)(C)C(C)(C)C)C[C@H]3O[C@@H]2[C@@H]2OC(=O)[C@]3(C)C=CC(=O)[C@@]1(C)[C@@H]23. The zero-order chi connectivity index (χ0) is 31.3. The highest BCUT2D eigenvalue weighted by molar-refractivity contribution is 6.74. The van der Waals surface area contributed by atoms with Crippen LogP contribution >= 0.6 is 0 Å². The van der Waals surface area contributed by atoms with Crippen molar-refractivity contribution < 1.29 is 33.0 Å². The molecule has 0 amide bonds. The molecule has 8 heteroatoms. The smallest absolute Gasteiger partial charge is 0.316 e. The second-order valence-corrected chi connectivity index (χ2v) is 20.1. The standard InChI is InChI=1S/C35H46O7Si/c1-19-21(20-12-10-11-13-25(20)42-43(8,9)33(2,3)4)17-26-22(19)16-23-24(18-28(37)39-7)35(6)27(36)14-15-34(5)31(35)30(29(23)40-26)41-32(34)38/h10-15,21,23-24,26,29-31H,16-18H2,1-9H3/t21-,23?,24+,26-,29+,30+,31+,34-,35+/m1/s1. The molecule has 0 bridgehead atoms. The lowest BCUT2D eigenvalue weighted by Gasteiger charge is -2.58. The summed E-state index contributed by atoms with van der Waals surface area (Å²) in [4.78, 5) is 40.0. The molecule has 232 valence electrons. The first kappa shape index (κ1) is 30.3. The van der Waals surface area contributed by atoms with Gasteiger partial charge in [0, 0.05) is 23.7 Å². The fraction of sp³-hybridized carbons (Fsp3) is 0.629. The monoisotopic (exact) mass is 606 g/mol. The Balaban J connectivity index is 1.40. The molecule has 9 atom stereocenters. The zero-order valence-corrected chi connectivity index (χ0v) is 28.0. The largest absolute Gasteiger partial charge is 0.543 e. The van der Waals surface area contributed by atoms with Gasteiger partial charge in [0.1, 0.15) is 11.9 Å².